The quantitative estimate of drug-likeness (QED) is 0.674. The number of hydrogen-bond donors (Lipinski definition) is 2. The Morgan fingerprint density at radius 3 is 2.50 bits per heavy atom. The lowest BCUT2D eigenvalue weighted by Crippen LogP contribution is -2.19. The zero-order valence-electron chi connectivity index (χ0n) is 12.1. The molecular weight excluding hydrogens is 287 g/mol. The number of carbonyl (C=O) groups excluding carboxylic acids is 1. The highest BCUT2D eigenvalue weighted by atomic mass is 19.1. The van der Waals surface area contributed by atoms with Gasteiger partial charge in [-0.1, -0.05) is 0 Å². The summed E-state index contributed by atoms with van der Waals surface area (Å²) in [6, 6.07) is 9.88. The summed E-state index contributed by atoms with van der Waals surface area (Å²) < 4.78 is 17.8. The summed E-state index contributed by atoms with van der Waals surface area (Å²) in [6.45, 7) is 1.65. The smallest absolute Gasteiger partial charge is 0.271 e. The largest absolute Gasteiger partial charge is 0.507 e. The Morgan fingerprint density at radius 1 is 1.23 bits per heavy atom. The summed E-state index contributed by atoms with van der Waals surface area (Å²) >= 11 is 0. The van der Waals surface area contributed by atoms with Crippen molar-refractivity contribution in [1.82, 2.24) is 5.43 Å². The second-order valence-electron chi connectivity index (χ2n) is 4.53. The summed E-state index contributed by atoms with van der Waals surface area (Å²) in [5.41, 5.74) is 3.54. The SMILES string of the molecule is COc1ccc(C(C)=NNC(=O)c2ccc(F)cc2)c(O)c1. The molecule has 2 rings (SSSR count). The molecule has 0 unspecified atom stereocenters. The van der Waals surface area contributed by atoms with Crippen LogP contribution in [-0.2, 0) is 0 Å². The van der Waals surface area contributed by atoms with Gasteiger partial charge in [-0.05, 0) is 43.3 Å². The van der Waals surface area contributed by atoms with E-state index in [9.17, 15) is 14.3 Å². The van der Waals surface area contributed by atoms with E-state index in [2.05, 4.69) is 10.5 Å². The predicted molar refractivity (Wildman–Crippen MR) is 80.7 cm³/mol. The minimum absolute atomic E-state index is 0.00312. The van der Waals surface area contributed by atoms with Crippen LogP contribution in [0.25, 0.3) is 0 Å². The Kier molecular flexibility index (Phi) is 4.73. The molecule has 22 heavy (non-hydrogen) atoms. The van der Waals surface area contributed by atoms with Gasteiger partial charge < -0.3 is 9.84 Å². The minimum atomic E-state index is -0.465. The molecule has 0 saturated carbocycles. The number of ether oxygens (including phenoxy) is 1. The van der Waals surface area contributed by atoms with Gasteiger partial charge in [0.05, 0.1) is 12.8 Å². The molecule has 0 atom stereocenters. The molecule has 0 radical (unpaired) electrons. The Hall–Kier alpha value is -2.89. The molecule has 0 heterocycles. The van der Waals surface area contributed by atoms with Gasteiger partial charge in [0.2, 0.25) is 0 Å². The fourth-order valence-electron chi connectivity index (χ4n) is 1.81. The van der Waals surface area contributed by atoms with Gasteiger partial charge in [-0.2, -0.15) is 5.10 Å². The lowest BCUT2D eigenvalue weighted by molar-refractivity contribution is 0.0954. The Bertz CT molecular complexity index is 712. The van der Waals surface area contributed by atoms with Gasteiger partial charge >= 0.3 is 0 Å². The standard InChI is InChI=1S/C16H15FN2O3/c1-10(14-8-7-13(22-2)9-15(14)20)18-19-16(21)11-3-5-12(17)6-4-11/h3-9,20H,1-2H3,(H,19,21). The number of halogens is 1. The highest BCUT2D eigenvalue weighted by Gasteiger charge is 2.08. The molecular formula is C16H15FN2O3. The average Bonchev–Trinajstić information content (AvgIpc) is 2.52. The number of carbonyl (C=O) groups is 1. The first-order valence-electron chi connectivity index (χ1n) is 6.49. The van der Waals surface area contributed by atoms with Crippen LogP contribution in [0.2, 0.25) is 0 Å². The second kappa shape index (κ2) is 6.71. The van der Waals surface area contributed by atoms with E-state index in [4.69, 9.17) is 4.74 Å². The first kappa shape index (κ1) is 15.5. The van der Waals surface area contributed by atoms with Gasteiger partial charge in [0.15, 0.2) is 0 Å². The summed E-state index contributed by atoms with van der Waals surface area (Å²) in [5.74, 6) is -0.368. The number of aromatic hydroxyl groups is 1. The maximum Gasteiger partial charge on any atom is 0.271 e. The molecule has 0 aliphatic carbocycles. The van der Waals surface area contributed by atoms with Crippen molar-refractivity contribution >= 4 is 11.6 Å². The third kappa shape index (κ3) is 3.60. The van der Waals surface area contributed by atoms with E-state index in [1.807, 2.05) is 0 Å². The lowest BCUT2D eigenvalue weighted by Gasteiger charge is -2.07. The first-order chi connectivity index (χ1) is 10.5. The van der Waals surface area contributed by atoms with Crippen molar-refractivity contribution in [2.45, 2.75) is 6.92 Å². The molecule has 0 saturated heterocycles. The average molecular weight is 302 g/mol. The van der Waals surface area contributed by atoms with E-state index in [0.717, 1.165) is 0 Å². The van der Waals surface area contributed by atoms with Crippen molar-refractivity contribution < 1.29 is 19.0 Å². The van der Waals surface area contributed by atoms with Crippen LogP contribution >= 0.6 is 0 Å². The molecule has 0 bridgehead atoms. The number of nitrogens with zero attached hydrogens (tertiary/aromatic N) is 1. The fraction of sp³-hybridized carbons (Fsp3) is 0.125. The van der Waals surface area contributed by atoms with E-state index in [1.54, 1.807) is 19.1 Å². The number of rotatable bonds is 4. The van der Waals surface area contributed by atoms with Crippen molar-refractivity contribution in [2.24, 2.45) is 5.10 Å². The Balaban J connectivity index is 2.12. The van der Waals surface area contributed by atoms with Crippen molar-refractivity contribution in [1.29, 1.82) is 0 Å². The van der Waals surface area contributed by atoms with Crippen LogP contribution in [0.15, 0.2) is 47.6 Å². The highest BCUT2D eigenvalue weighted by molar-refractivity contribution is 6.02. The summed E-state index contributed by atoms with van der Waals surface area (Å²) in [7, 11) is 1.50. The van der Waals surface area contributed by atoms with Crippen LogP contribution in [0.1, 0.15) is 22.8 Å². The normalized spacial score (nSPS) is 11.1. The maximum absolute atomic E-state index is 12.8. The zero-order valence-corrected chi connectivity index (χ0v) is 12.1. The molecule has 0 spiro atoms. The number of phenols is 1. The van der Waals surface area contributed by atoms with Crippen LogP contribution in [0.3, 0.4) is 0 Å². The zero-order chi connectivity index (χ0) is 16.1. The van der Waals surface area contributed by atoms with Crippen LogP contribution in [0, 0.1) is 5.82 Å². The van der Waals surface area contributed by atoms with E-state index >= 15 is 0 Å². The molecule has 2 aromatic rings. The topological polar surface area (TPSA) is 70.9 Å². The summed E-state index contributed by atoms with van der Waals surface area (Å²) in [6.07, 6.45) is 0. The third-order valence-corrected chi connectivity index (χ3v) is 3.03. The van der Waals surface area contributed by atoms with Crippen molar-refractivity contribution in [3.05, 3.63) is 59.4 Å². The number of nitrogens with one attached hydrogen (secondary N) is 1. The molecule has 114 valence electrons. The van der Waals surface area contributed by atoms with Gasteiger partial charge in [0.25, 0.3) is 5.91 Å². The Labute approximate surface area is 127 Å². The minimum Gasteiger partial charge on any atom is -0.507 e. The fourth-order valence-corrected chi connectivity index (χ4v) is 1.81. The number of phenolic OH excluding ortho intramolecular Hbond substituents is 1. The number of hydrogen-bond acceptors (Lipinski definition) is 4. The van der Waals surface area contributed by atoms with Gasteiger partial charge in [0.1, 0.15) is 17.3 Å². The number of amides is 1. The van der Waals surface area contributed by atoms with Gasteiger partial charge in [-0.25, -0.2) is 9.82 Å². The molecule has 2 aromatic carbocycles. The van der Waals surface area contributed by atoms with Crippen LogP contribution in [-0.4, -0.2) is 23.8 Å². The molecule has 0 aliphatic heterocycles. The molecule has 0 aliphatic rings. The number of methoxy groups -OCH3 is 1. The van der Waals surface area contributed by atoms with Gasteiger partial charge in [0, 0.05) is 17.2 Å². The molecule has 1 amide bonds. The molecule has 0 aromatic heterocycles. The molecule has 6 heteroatoms. The van der Waals surface area contributed by atoms with E-state index in [-0.39, 0.29) is 11.3 Å². The summed E-state index contributed by atoms with van der Waals surface area (Å²) in [5, 5.41) is 13.8. The molecule has 5 nitrogen and oxygen atoms in total. The van der Waals surface area contributed by atoms with E-state index in [0.29, 0.717) is 17.0 Å². The van der Waals surface area contributed by atoms with Crippen molar-refractivity contribution in [2.75, 3.05) is 7.11 Å². The van der Waals surface area contributed by atoms with Crippen LogP contribution in [0.4, 0.5) is 4.39 Å². The van der Waals surface area contributed by atoms with Crippen molar-refractivity contribution in [3.8, 4) is 11.5 Å². The number of benzene rings is 2. The van der Waals surface area contributed by atoms with E-state index < -0.39 is 11.7 Å². The molecule has 0 fully saturated rings. The number of hydrazone groups is 1. The summed E-state index contributed by atoms with van der Waals surface area (Å²) in [4.78, 5) is 11.9. The van der Waals surface area contributed by atoms with Crippen LogP contribution in [0.5, 0.6) is 11.5 Å². The van der Waals surface area contributed by atoms with Crippen LogP contribution < -0.4 is 10.2 Å². The highest BCUT2D eigenvalue weighted by Crippen LogP contribution is 2.23. The predicted octanol–water partition coefficient (Wildman–Crippen LogP) is 2.69. The maximum atomic E-state index is 12.8. The first-order valence-corrected chi connectivity index (χ1v) is 6.49. The van der Waals surface area contributed by atoms with E-state index in [1.165, 1.54) is 37.4 Å². The van der Waals surface area contributed by atoms with Gasteiger partial charge in [-0.15, -0.1) is 0 Å². The van der Waals surface area contributed by atoms with Gasteiger partial charge in [-0.3, -0.25) is 4.79 Å². The van der Waals surface area contributed by atoms with Crippen molar-refractivity contribution in [3.63, 3.8) is 0 Å². The monoisotopic (exact) mass is 302 g/mol. The lowest BCUT2D eigenvalue weighted by atomic mass is 10.1. The third-order valence-electron chi connectivity index (χ3n) is 3.03. The Morgan fingerprint density at radius 2 is 1.91 bits per heavy atom. The molecule has 2 N–H and O–H groups in total. The second-order valence-corrected chi connectivity index (χ2v) is 4.53.